The monoisotopic (exact) mass is 275 g/mol. The zero-order valence-electron chi connectivity index (χ0n) is 12.8. The van der Waals surface area contributed by atoms with Crippen molar-refractivity contribution in [1.29, 1.82) is 0 Å². The molecular weight excluding hydrogens is 250 g/mol. The molecule has 110 valence electrons. The summed E-state index contributed by atoms with van der Waals surface area (Å²) in [5.41, 5.74) is 3.64. The van der Waals surface area contributed by atoms with Crippen molar-refractivity contribution in [3.05, 3.63) is 22.8 Å². The van der Waals surface area contributed by atoms with Crippen molar-refractivity contribution in [2.75, 3.05) is 13.6 Å². The molecule has 2 aliphatic heterocycles. The van der Waals surface area contributed by atoms with Crippen LogP contribution < -0.4 is 5.32 Å². The van der Waals surface area contributed by atoms with Gasteiger partial charge in [-0.25, -0.2) is 9.97 Å². The normalized spacial score (nSPS) is 28.2. The molecule has 20 heavy (non-hydrogen) atoms. The van der Waals surface area contributed by atoms with Gasteiger partial charge in [-0.2, -0.15) is 0 Å². The van der Waals surface area contributed by atoms with E-state index in [1.54, 1.807) is 0 Å². The van der Waals surface area contributed by atoms with E-state index >= 15 is 0 Å². The van der Waals surface area contributed by atoms with E-state index in [4.69, 9.17) is 14.7 Å². The lowest BCUT2D eigenvalue weighted by molar-refractivity contribution is 0.0998. The van der Waals surface area contributed by atoms with Gasteiger partial charge in [0.2, 0.25) is 0 Å². The number of aryl methyl sites for hydroxylation is 2. The Morgan fingerprint density at radius 2 is 1.95 bits per heavy atom. The second-order valence-corrected chi connectivity index (χ2v) is 6.15. The summed E-state index contributed by atoms with van der Waals surface area (Å²) in [6, 6.07) is 0. The Hall–Kier alpha value is -1.00. The summed E-state index contributed by atoms with van der Waals surface area (Å²) in [6.45, 7) is 5.29. The first-order valence-electron chi connectivity index (χ1n) is 7.83. The summed E-state index contributed by atoms with van der Waals surface area (Å²) >= 11 is 0. The van der Waals surface area contributed by atoms with Gasteiger partial charge in [0.1, 0.15) is 5.82 Å². The number of rotatable bonds is 5. The molecule has 0 amide bonds. The van der Waals surface area contributed by atoms with Crippen LogP contribution in [0.3, 0.4) is 0 Å². The van der Waals surface area contributed by atoms with E-state index in [0.717, 1.165) is 43.0 Å². The van der Waals surface area contributed by atoms with Crippen LogP contribution in [0.2, 0.25) is 0 Å². The van der Waals surface area contributed by atoms with Crippen LogP contribution in [0, 0.1) is 13.8 Å². The fourth-order valence-corrected chi connectivity index (χ4v) is 3.64. The standard InChI is InChI=1S/C16H25N3O/c1-10-13(5-4-8-17-3)11(2)19-16(18-10)14-9-12-6-7-15(14)20-12/h12,14-15,17H,4-9H2,1-3H3. The Morgan fingerprint density at radius 3 is 2.50 bits per heavy atom. The predicted octanol–water partition coefficient (Wildman–Crippen LogP) is 2.28. The first kappa shape index (κ1) is 14.0. The van der Waals surface area contributed by atoms with Crippen LogP contribution in [0.1, 0.15) is 54.4 Å². The third kappa shape index (κ3) is 2.59. The molecule has 0 spiro atoms. The van der Waals surface area contributed by atoms with E-state index < -0.39 is 0 Å². The van der Waals surface area contributed by atoms with Gasteiger partial charge >= 0.3 is 0 Å². The van der Waals surface area contributed by atoms with Crippen molar-refractivity contribution in [3.8, 4) is 0 Å². The van der Waals surface area contributed by atoms with E-state index in [1.807, 2.05) is 7.05 Å². The average Bonchev–Trinajstić information content (AvgIpc) is 3.04. The van der Waals surface area contributed by atoms with E-state index in [2.05, 4.69) is 19.2 Å². The third-order valence-corrected chi connectivity index (χ3v) is 4.73. The molecule has 3 atom stereocenters. The molecule has 0 aliphatic carbocycles. The number of fused-ring (bicyclic) bond motifs is 2. The van der Waals surface area contributed by atoms with E-state index in [1.165, 1.54) is 18.4 Å². The van der Waals surface area contributed by atoms with Gasteiger partial charge in [0.05, 0.1) is 12.2 Å². The van der Waals surface area contributed by atoms with Crippen LogP contribution in [0.5, 0.6) is 0 Å². The lowest BCUT2D eigenvalue weighted by atomic mass is 9.88. The Bertz CT molecular complexity index is 466. The molecule has 0 saturated carbocycles. The average molecular weight is 275 g/mol. The molecule has 3 heterocycles. The Kier molecular flexibility index (Phi) is 4.03. The Morgan fingerprint density at radius 1 is 1.20 bits per heavy atom. The van der Waals surface area contributed by atoms with Crippen LogP contribution >= 0.6 is 0 Å². The second kappa shape index (κ2) is 5.78. The lowest BCUT2D eigenvalue weighted by Crippen LogP contribution is -2.19. The number of hydrogen-bond donors (Lipinski definition) is 1. The van der Waals surface area contributed by atoms with E-state index in [-0.39, 0.29) is 0 Å². The van der Waals surface area contributed by atoms with Crippen LogP contribution in [0.4, 0.5) is 0 Å². The zero-order chi connectivity index (χ0) is 14.1. The van der Waals surface area contributed by atoms with Gasteiger partial charge in [0, 0.05) is 17.3 Å². The molecule has 0 radical (unpaired) electrons. The van der Waals surface area contributed by atoms with Gasteiger partial charge in [-0.05, 0) is 65.1 Å². The van der Waals surface area contributed by atoms with Gasteiger partial charge in [0.15, 0.2) is 0 Å². The van der Waals surface area contributed by atoms with Crippen molar-refractivity contribution in [2.45, 2.75) is 64.1 Å². The smallest absolute Gasteiger partial charge is 0.134 e. The third-order valence-electron chi connectivity index (χ3n) is 4.73. The lowest BCUT2D eigenvalue weighted by Gasteiger charge is -2.19. The topological polar surface area (TPSA) is 47.0 Å². The number of nitrogens with one attached hydrogen (secondary N) is 1. The van der Waals surface area contributed by atoms with Crippen molar-refractivity contribution in [3.63, 3.8) is 0 Å². The highest BCUT2D eigenvalue weighted by molar-refractivity contribution is 5.26. The second-order valence-electron chi connectivity index (χ2n) is 6.15. The Labute approximate surface area is 121 Å². The minimum atomic E-state index is 0.369. The van der Waals surface area contributed by atoms with Crippen molar-refractivity contribution < 1.29 is 4.74 Å². The highest BCUT2D eigenvalue weighted by atomic mass is 16.5. The van der Waals surface area contributed by atoms with Gasteiger partial charge in [-0.1, -0.05) is 0 Å². The van der Waals surface area contributed by atoms with Crippen LogP contribution in [-0.4, -0.2) is 35.8 Å². The molecule has 4 nitrogen and oxygen atoms in total. The minimum Gasteiger partial charge on any atom is -0.374 e. The van der Waals surface area contributed by atoms with E-state index in [0.29, 0.717) is 18.1 Å². The molecule has 1 aromatic rings. The van der Waals surface area contributed by atoms with Crippen molar-refractivity contribution in [1.82, 2.24) is 15.3 Å². The van der Waals surface area contributed by atoms with Crippen LogP contribution in [0.25, 0.3) is 0 Å². The molecular formula is C16H25N3O. The summed E-state index contributed by atoms with van der Waals surface area (Å²) in [4.78, 5) is 9.60. The number of hydrogen-bond acceptors (Lipinski definition) is 4. The molecule has 3 rings (SSSR count). The first-order chi connectivity index (χ1) is 9.69. The maximum atomic E-state index is 5.94. The first-order valence-corrected chi connectivity index (χ1v) is 7.83. The van der Waals surface area contributed by atoms with Crippen LogP contribution in [-0.2, 0) is 11.2 Å². The molecule has 1 N–H and O–H groups in total. The summed E-state index contributed by atoms with van der Waals surface area (Å²) in [5.74, 6) is 1.45. The fourth-order valence-electron chi connectivity index (χ4n) is 3.64. The molecule has 0 aromatic carbocycles. The fraction of sp³-hybridized carbons (Fsp3) is 0.750. The molecule has 4 heteroatoms. The summed E-state index contributed by atoms with van der Waals surface area (Å²) in [6.07, 6.45) is 6.55. The molecule has 2 saturated heterocycles. The van der Waals surface area contributed by atoms with Gasteiger partial charge in [0.25, 0.3) is 0 Å². The highest BCUT2D eigenvalue weighted by Crippen LogP contribution is 2.43. The highest BCUT2D eigenvalue weighted by Gasteiger charge is 2.43. The quantitative estimate of drug-likeness (QED) is 0.838. The molecule has 2 bridgehead atoms. The number of ether oxygens (including phenoxy) is 1. The minimum absolute atomic E-state index is 0.369. The summed E-state index contributed by atoms with van der Waals surface area (Å²) in [5, 5.41) is 3.19. The number of nitrogens with zero attached hydrogens (tertiary/aromatic N) is 2. The van der Waals surface area contributed by atoms with Crippen molar-refractivity contribution in [2.24, 2.45) is 0 Å². The zero-order valence-corrected chi connectivity index (χ0v) is 12.8. The van der Waals surface area contributed by atoms with Gasteiger partial charge in [-0.15, -0.1) is 0 Å². The predicted molar refractivity (Wildman–Crippen MR) is 79.0 cm³/mol. The maximum absolute atomic E-state index is 5.94. The molecule has 3 unspecified atom stereocenters. The largest absolute Gasteiger partial charge is 0.374 e. The van der Waals surface area contributed by atoms with Gasteiger partial charge < -0.3 is 10.1 Å². The number of aromatic nitrogens is 2. The Balaban J connectivity index is 1.77. The summed E-state index contributed by atoms with van der Waals surface area (Å²) in [7, 11) is 1.99. The SMILES string of the molecule is CNCCCc1c(C)nc(C2CC3CCC2O3)nc1C. The molecule has 1 aromatic heterocycles. The van der Waals surface area contributed by atoms with Crippen LogP contribution in [0.15, 0.2) is 0 Å². The maximum Gasteiger partial charge on any atom is 0.134 e. The van der Waals surface area contributed by atoms with E-state index in [9.17, 15) is 0 Å². The van der Waals surface area contributed by atoms with Gasteiger partial charge in [-0.3, -0.25) is 0 Å². The molecule has 2 fully saturated rings. The molecule has 2 aliphatic rings. The summed E-state index contributed by atoms with van der Waals surface area (Å²) < 4.78 is 5.94. The van der Waals surface area contributed by atoms with Crippen molar-refractivity contribution >= 4 is 0 Å².